The van der Waals surface area contributed by atoms with Crippen LogP contribution in [0.1, 0.15) is 19.1 Å². The predicted molar refractivity (Wildman–Crippen MR) is 111 cm³/mol. The molecule has 1 aliphatic heterocycles. The van der Waals surface area contributed by atoms with Crippen LogP contribution in [0.3, 0.4) is 0 Å². The molecule has 1 fully saturated rings. The van der Waals surface area contributed by atoms with E-state index in [1.165, 1.54) is 0 Å². The number of amides is 1. The summed E-state index contributed by atoms with van der Waals surface area (Å²) in [6.07, 6.45) is 1.91. The zero-order chi connectivity index (χ0) is 20.5. The molecule has 0 atom stereocenters. The number of hydrogen-bond acceptors (Lipinski definition) is 6. The average Bonchev–Trinajstić information content (AvgIpc) is 3.25. The lowest BCUT2D eigenvalue weighted by Crippen LogP contribution is -2.50. The summed E-state index contributed by atoms with van der Waals surface area (Å²) >= 11 is 0. The number of anilines is 1. The third-order valence-electron chi connectivity index (χ3n) is 5.01. The zero-order valence-corrected chi connectivity index (χ0v) is 16.9. The molecule has 1 aromatic heterocycles. The minimum absolute atomic E-state index is 0.0276. The van der Waals surface area contributed by atoms with Crippen molar-refractivity contribution in [2.75, 3.05) is 50.8 Å². The Labute approximate surface area is 172 Å². The van der Waals surface area contributed by atoms with E-state index in [2.05, 4.69) is 21.9 Å². The highest BCUT2D eigenvalue weighted by Crippen LogP contribution is 2.28. The number of nitriles is 1. The average molecular weight is 396 g/mol. The molecule has 0 radical (unpaired) electrons. The summed E-state index contributed by atoms with van der Waals surface area (Å²) in [5, 5.41) is 8.90. The van der Waals surface area contributed by atoms with E-state index in [4.69, 9.17) is 14.4 Å². The van der Waals surface area contributed by atoms with Gasteiger partial charge in [0, 0.05) is 32.7 Å². The molecule has 0 saturated carbocycles. The number of benzene rings is 1. The molecule has 154 valence electrons. The van der Waals surface area contributed by atoms with Gasteiger partial charge in [-0.3, -0.25) is 9.69 Å². The molecule has 0 unspecified atom stereocenters. The second kappa shape index (κ2) is 10.5. The number of para-hydroxylation sites is 2. The minimum atomic E-state index is 0.0276. The molecule has 0 N–H and O–H groups in total. The van der Waals surface area contributed by atoms with Crippen molar-refractivity contribution in [3.63, 3.8) is 0 Å². The molecule has 0 spiro atoms. The van der Waals surface area contributed by atoms with Gasteiger partial charge in [0.05, 0.1) is 44.1 Å². The van der Waals surface area contributed by atoms with E-state index in [1.807, 2.05) is 37.3 Å². The van der Waals surface area contributed by atoms with Gasteiger partial charge in [0.1, 0.15) is 11.5 Å². The Morgan fingerprint density at radius 1 is 1.21 bits per heavy atom. The molecule has 1 aliphatic rings. The molecule has 2 heterocycles. The Morgan fingerprint density at radius 3 is 2.69 bits per heavy atom. The second-order valence-electron chi connectivity index (χ2n) is 6.97. The third-order valence-corrected chi connectivity index (χ3v) is 5.01. The maximum atomic E-state index is 12.8. The van der Waals surface area contributed by atoms with Crippen LogP contribution >= 0.6 is 0 Å². The van der Waals surface area contributed by atoms with Crippen LogP contribution in [0.2, 0.25) is 0 Å². The van der Waals surface area contributed by atoms with E-state index in [1.54, 1.807) is 11.2 Å². The fraction of sp³-hybridized carbons (Fsp3) is 0.455. The van der Waals surface area contributed by atoms with Crippen molar-refractivity contribution in [2.45, 2.75) is 19.9 Å². The molecular weight excluding hydrogens is 368 g/mol. The molecule has 0 aliphatic carbocycles. The fourth-order valence-corrected chi connectivity index (χ4v) is 3.50. The van der Waals surface area contributed by atoms with E-state index >= 15 is 0 Å². The van der Waals surface area contributed by atoms with E-state index in [9.17, 15) is 4.79 Å². The smallest absolute Gasteiger partial charge is 0.237 e. The molecule has 1 amide bonds. The first-order chi connectivity index (χ1) is 14.2. The summed E-state index contributed by atoms with van der Waals surface area (Å²) in [5.41, 5.74) is 1.11. The SMILES string of the molecule is CCOc1ccccc1N1CCN(CC(=O)N(CCC#N)Cc2ccco2)CC1. The lowest BCUT2D eigenvalue weighted by Gasteiger charge is -2.37. The highest BCUT2D eigenvalue weighted by Gasteiger charge is 2.23. The summed E-state index contributed by atoms with van der Waals surface area (Å²) in [4.78, 5) is 19.0. The zero-order valence-electron chi connectivity index (χ0n) is 16.9. The van der Waals surface area contributed by atoms with Crippen LogP contribution in [0.4, 0.5) is 5.69 Å². The van der Waals surface area contributed by atoms with Gasteiger partial charge >= 0.3 is 0 Å². The molecular formula is C22H28N4O3. The Morgan fingerprint density at radius 2 is 2.00 bits per heavy atom. The minimum Gasteiger partial charge on any atom is -0.492 e. The van der Waals surface area contributed by atoms with Gasteiger partial charge < -0.3 is 19.0 Å². The first-order valence-electron chi connectivity index (χ1n) is 10.1. The van der Waals surface area contributed by atoms with Gasteiger partial charge in [-0.1, -0.05) is 12.1 Å². The normalized spacial score (nSPS) is 14.4. The van der Waals surface area contributed by atoms with Crippen LogP contribution in [0.5, 0.6) is 5.75 Å². The Bertz CT molecular complexity index is 808. The molecule has 0 bridgehead atoms. The third kappa shape index (κ3) is 5.75. The van der Waals surface area contributed by atoms with Crippen LogP contribution in [0.15, 0.2) is 47.1 Å². The summed E-state index contributed by atoms with van der Waals surface area (Å²) in [5.74, 6) is 1.66. The fourth-order valence-electron chi connectivity index (χ4n) is 3.50. The quantitative estimate of drug-likeness (QED) is 0.649. The Balaban J connectivity index is 1.55. The molecule has 1 aromatic carbocycles. The summed E-state index contributed by atoms with van der Waals surface area (Å²) in [7, 11) is 0. The van der Waals surface area contributed by atoms with E-state index in [-0.39, 0.29) is 5.91 Å². The van der Waals surface area contributed by atoms with Gasteiger partial charge in [-0.15, -0.1) is 0 Å². The summed E-state index contributed by atoms with van der Waals surface area (Å²) < 4.78 is 11.1. The first-order valence-corrected chi connectivity index (χ1v) is 10.1. The van der Waals surface area contributed by atoms with Crippen molar-refractivity contribution >= 4 is 11.6 Å². The first kappa shape index (κ1) is 20.7. The van der Waals surface area contributed by atoms with Gasteiger partial charge in [-0.2, -0.15) is 5.26 Å². The van der Waals surface area contributed by atoms with Crippen LogP contribution in [-0.2, 0) is 11.3 Å². The van der Waals surface area contributed by atoms with Gasteiger partial charge in [0.25, 0.3) is 0 Å². The number of rotatable bonds is 9. The van der Waals surface area contributed by atoms with E-state index < -0.39 is 0 Å². The number of furan rings is 1. The number of piperazine rings is 1. The monoisotopic (exact) mass is 396 g/mol. The number of carbonyl (C=O) groups is 1. The van der Waals surface area contributed by atoms with Gasteiger partial charge in [0.2, 0.25) is 5.91 Å². The summed E-state index contributed by atoms with van der Waals surface area (Å²) in [6.45, 7) is 7.08. The highest BCUT2D eigenvalue weighted by atomic mass is 16.5. The largest absolute Gasteiger partial charge is 0.492 e. The maximum Gasteiger partial charge on any atom is 0.237 e. The molecule has 29 heavy (non-hydrogen) atoms. The van der Waals surface area contributed by atoms with Crippen molar-refractivity contribution in [1.29, 1.82) is 5.26 Å². The summed E-state index contributed by atoms with van der Waals surface area (Å²) in [6, 6.07) is 13.9. The van der Waals surface area contributed by atoms with Gasteiger partial charge in [-0.05, 0) is 31.2 Å². The maximum absolute atomic E-state index is 12.8. The molecule has 3 rings (SSSR count). The standard InChI is InChI=1S/C22H28N4O3/c1-2-28-21-9-4-3-8-20(21)25-14-12-24(13-15-25)18-22(27)26(11-6-10-23)17-19-7-5-16-29-19/h3-5,7-9,16H,2,6,11-15,17-18H2,1H3. The number of carbonyl (C=O) groups excluding carboxylic acids is 1. The number of nitrogens with zero attached hydrogens (tertiary/aromatic N) is 4. The lowest BCUT2D eigenvalue weighted by atomic mass is 10.2. The number of ether oxygens (including phenoxy) is 1. The van der Waals surface area contributed by atoms with E-state index in [0.717, 1.165) is 43.4 Å². The lowest BCUT2D eigenvalue weighted by molar-refractivity contribution is -0.133. The number of hydrogen-bond donors (Lipinski definition) is 0. The Kier molecular flexibility index (Phi) is 7.54. The van der Waals surface area contributed by atoms with Crippen molar-refractivity contribution in [3.05, 3.63) is 48.4 Å². The Hall–Kier alpha value is -2.98. The van der Waals surface area contributed by atoms with Crippen LogP contribution < -0.4 is 9.64 Å². The molecule has 1 saturated heterocycles. The van der Waals surface area contributed by atoms with Crippen molar-refractivity contribution < 1.29 is 13.9 Å². The topological polar surface area (TPSA) is 73.0 Å². The van der Waals surface area contributed by atoms with Crippen molar-refractivity contribution in [3.8, 4) is 11.8 Å². The predicted octanol–water partition coefficient (Wildman–Crippen LogP) is 2.74. The van der Waals surface area contributed by atoms with E-state index in [0.29, 0.717) is 32.7 Å². The second-order valence-corrected chi connectivity index (χ2v) is 6.97. The van der Waals surface area contributed by atoms with Gasteiger partial charge in [0.15, 0.2) is 0 Å². The molecule has 2 aromatic rings. The van der Waals surface area contributed by atoms with Crippen molar-refractivity contribution in [1.82, 2.24) is 9.80 Å². The van der Waals surface area contributed by atoms with Crippen LogP contribution in [0.25, 0.3) is 0 Å². The molecule has 7 nitrogen and oxygen atoms in total. The van der Waals surface area contributed by atoms with Crippen LogP contribution in [-0.4, -0.2) is 61.6 Å². The van der Waals surface area contributed by atoms with Gasteiger partial charge in [-0.25, -0.2) is 0 Å². The molecule has 7 heteroatoms. The van der Waals surface area contributed by atoms with Crippen LogP contribution in [0, 0.1) is 11.3 Å². The van der Waals surface area contributed by atoms with Crippen molar-refractivity contribution in [2.24, 2.45) is 0 Å². The highest BCUT2D eigenvalue weighted by molar-refractivity contribution is 5.78.